The summed E-state index contributed by atoms with van der Waals surface area (Å²) in [5, 5.41) is 7.52. The van der Waals surface area contributed by atoms with Crippen LogP contribution in [0.5, 0.6) is 0 Å². The van der Waals surface area contributed by atoms with Crippen molar-refractivity contribution in [3.8, 4) is 0 Å². The number of hydrogen-bond donors (Lipinski definition) is 1. The number of aryl methyl sites for hydroxylation is 1. The number of esters is 1. The van der Waals surface area contributed by atoms with Crippen LogP contribution in [0.2, 0.25) is 0 Å². The fraction of sp³-hybridized carbons (Fsp3) is 0.304. The molecule has 1 unspecified atom stereocenters. The van der Waals surface area contributed by atoms with Crippen LogP contribution in [-0.4, -0.2) is 27.8 Å². The first-order valence-corrected chi connectivity index (χ1v) is 9.66. The van der Waals surface area contributed by atoms with Crippen LogP contribution in [0.3, 0.4) is 0 Å². The number of amides is 1. The summed E-state index contributed by atoms with van der Waals surface area (Å²) in [4.78, 5) is 37.4. The van der Waals surface area contributed by atoms with Crippen LogP contribution in [0.15, 0.2) is 53.3 Å². The second kappa shape index (κ2) is 8.10. The third-order valence-corrected chi connectivity index (χ3v) is 4.82. The van der Waals surface area contributed by atoms with Gasteiger partial charge < -0.3 is 10.1 Å². The molecule has 2 aromatic carbocycles. The van der Waals surface area contributed by atoms with Crippen LogP contribution in [0.1, 0.15) is 43.7 Å². The second-order valence-electron chi connectivity index (χ2n) is 8.19. The maximum absolute atomic E-state index is 12.7. The average molecular weight is 407 g/mol. The summed E-state index contributed by atoms with van der Waals surface area (Å²) in [6, 6.07) is 14.2. The predicted octanol–water partition coefficient (Wildman–Crippen LogP) is 3.42. The molecule has 1 amide bonds. The van der Waals surface area contributed by atoms with E-state index in [1.165, 1.54) is 14.0 Å². The zero-order valence-corrected chi connectivity index (χ0v) is 17.7. The number of rotatable bonds is 4. The standard InChI is InChI=1S/C23H25N3O4/c1-14(20(27)24-16-12-10-15(11-13-16)23(2,3)4)30-22(29)19-17-8-6-7-9-18(17)21(28)26(5)25-19/h6-14H,1-5H3,(H,24,27). The number of aromatic nitrogens is 2. The van der Waals surface area contributed by atoms with Crippen molar-refractivity contribution < 1.29 is 14.3 Å². The molecule has 7 heteroatoms. The molecule has 3 rings (SSSR count). The van der Waals surface area contributed by atoms with Crippen LogP contribution in [0, 0.1) is 0 Å². The number of hydrogen-bond acceptors (Lipinski definition) is 5. The topological polar surface area (TPSA) is 90.3 Å². The zero-order chi connectivity index (χ0) is 22.1. The molecule has 0 saturated heterocycles. The van der Waals surface area contributed by atoms with Crippen LogP contribution in [0.4, 0.5) is 5.69 Å². The van der Waals surface area contributed by atoms with E-state index in [9.17, 15) is 14.4 Å². The van der Waals surface area contributed by atoms with Crippen molar-refractivity contribution in [1.29, 1.82) is 0 Å². The van der Waals surface area contributed by atoms with E-state index in [2.05, 4.69) is 31.2 Å². The molecular formula is C23H25N3O4. The fourth-order valence-electron chi connectivity index (χ4n) is 3.02. The third-order valence-electron chi connectivity index (χ3n) is 4.82. The molecular weight excluding hydrogens is 382 g/mol. The molecule has 30 heavy (non-hydrogen) atoms. The van der Waals surface area contributed by atoms with Gasteiger partial charge in [-0.05, 0) is 36.1 Å². The Morgan fingerprint density at radius 2 is 1.63 bits per heavy atom. The maximum Gasteiger partial charge on any atom is 0.360 e. The van der Waals surface area contributed by atoms with Crippen LogP contribution in [-0.2, 0) is 22.0 Å². The van der Waals surface area contributed by atoms with Crippen molar-refractivity contribution in [3.05, 3.63) is 70.1 Å². The Hall–Kier alpha value is -3.48. The van der Waals surface area contributed by atoms with Crippen LogP contribution in [0.25, 0.3) is 10.8 Å². The summed E-state index contributed by atoms with van der Waals surface area (Å²) in [5.41, 5.74) is 1.44. The first kappa shape index (κ1) is 21.2. The Bertz CT molecular complexity index is 1160. The van der Waals surface area contributed by atoms with Gasteiger partial charge in [-0.15, -0.1) is 0 Å². The minimum atomic E-state index is -1.04. The Labute approximate surface area is 174 Å². The summed E-state index contributed by atoms with van der Waals surface area (Å²) < 4.78 is 6.41. The Morgan fingerprint density at radius 1 is 1.03 bits per heavy atom. The monoisotopic (exact) mass is 407 g/mol. The van der Waals surface area contributed by atoms with E-state index in [0.29, 0.717) is 16.5 Å². The molecule has 156 valence electrons. The molecule has 1 aromatic heterocycles. The average Bonchev–Trinajstić information content (AvgIpc) is 2.70. The van der Waals surface area contributed by atoms with Crippen LogP contribution < -0.4 is 10.9 Å². The molecule has 0 aliphatic heterocycles. The smallest absolute Gasteiger partial charge is 0.360 e. The molecule has 1 atom stereocenters. The van der Waals surface area contributed by atoms with E-state index in [1.54, 1.807) is 24.3 Å². The molecule has 3 aromatic rings. The minimum Gasteiger partial charge on any atom is -0.448 e. The molecule has 7 nitrogen and oxygen atoms in total. The van der Waals surface area contributed by atoms with E-state index in [1.807, 2.05) is 24.3 Å². The molecule has 0 fully saturated rings. The minimum absolute atomic E-state index is 0.0108. The maximum atomic E-state index is 12.7. The van der Waals surface area contributed by atoms with Gasteiger partial charge >= 0.3 is 5.97 Å². The number of nitrogens with one attached hydrogen (secondary N) is 1. The fourth-order valence-corrected chi connectivity index (χ4v) is 3.02. The number of ether oxygens (including phenoxy) is 1. The van der Waals surface area contributed by atoms with E-state index in [-0.39, 0.29) is 16.7 Å². The molecule has 0 radical (unpaired) electrons. The van der Waals surface area contributed by atoms with Crippen molar-refractivity contribution in [2.45, 2.75) is 39.2 Å². The highest BCUT2D eigenvalue weighted by atomic mass is 16.5. The van der Waals surface area contributed by atoms with Gasteiger partial charge in [0, 0.05) is 18.1 Å². The molecule has 0 saturated carbocycles. The highest BCUT2D eigenvalue weighted by Gasteiger charge is 2.23. The number of anilines is 1. The summed E-state index contributed by atoms with van der Waals surface area (Å²) in [7, 11) is 1.46. The van der Waals surface area contributed by atoms with E-state index < -0.39 is 18.0 Å². The van der Waals surface area contributed by atoms with Crippen molar-refractivity contribution in [3.63, 3.8) is 0 Å². The lowest BCUT2D eigenvalue weighted by molar-refractivity contribution is -0.123. The normalized spacial score (nSPS) is 12.4. The summed E-state index contributed by atoms with van der Waals surface area (Å²) >= 11 is 0. The summed E-state index contributed by atoms with van der Waals surface area (Å²) in [6.07, 6.45) is -1.04. The predicted molar refractivity (Wildman–Crippen MR) is 116 cm³/mol. The third kappa shape index (κ3) is 4.40. The van der Waals surface area contributed by atoms with E-state index >= 15 is 0 Å². The number of fused-ring (bicyclic) bond motifs is 1. The number of carbonyl (C=O) groups excluding carboxylic acids is 2. The van der Waals surface area contributed by atoms with Gasteiger partial charge in [-0.2, -0.15) is 5.10 Å². The summed E-state index contributed by atoms with van der Waals surface area (Å²) in [5.74, 6) is -1.23. The Balaban J connectivity index is 1.74. The zero-order valence-electron chi connectivity index (χ0n) is 17.7. The van der Waals surface area contributed by atoms with Crippen molar-refractivity contribution in [1.82, 2.24) is 9.78 Å². The highest BCUT2D eigenvalue weighted by molar-refractivity contribution is 6.03. The SMILES string of the molecule is CC(OC(=O)c1nn(C)c(=O)c2ccccc12)C(=O)Nc1ccc(C(C)(C)C)cc1. The van der Waals surface area contributed by atoms with Gasteiger partial charge in [-0.1, -0.05) is 51.1 Å². The van der Waals surface area contributed by atoms with Gasteiger partial charge in [0.2, 0.25) is 0 Å². The van der Waals surface area contributed by atoms with Crippen molar-refractivity contribution >= 4 is 28.3 Å². The van der Waals surface area contributed by atoms with Gasteiger partial charge in [0.05, 0.1) is 5.39 Å². The molecule has 0 aliphatic carbocycles. The number of benzene rings is 2. The molecule has 1 heterocycles. The first-order chi connectivity index (χ1) is 14.1. The quantitative estimate of drug-likeness (QED) is 0.670. The van der Waals surface area contributed by atoms with Gasteiger partial charge in [0.25, 0.3) is 11.5 Å². The van der Waals surface area contributed by atoms with Crippen LogP contribution >= 0.6 is 0 Å². The summed E-state index contributed by atoms with van der Waals surface area (Å²) in [6.45, 7) is 7.82. The van der Waals surface area contributed by atoms with Crippen molar-refractivity contribution in [2.75, 3.05) is 5.32 Å². The number of nitrogens with zero attached hydrogens (tertiary/aromatic N) is 2. The molecule has 0 bridgehead atoms. The lowest BCUT2D eigenvalue weighted by Crippen LogP contribution is -2.31. The Kier molecular flexibility index (Phi) is 5.73. The van der Waals surface area contributed by atoms with Gasteiger partial charge in [0.15, 0.2) is 11.8 Å². The van der Waals surface area contributed by atoms with Crippen molar-refractivity contribution in [2.24, 2.45) is 7.05 Å². The van der Waals surface area contributed by atoms with Gasteiger partial charge in [-0.3, -0.25) is 9.59 Å². The Morgan fingerprint density at radius 3 is 2.23 bits per heavy atom. The lowest BCUT2D eigenvalue weighted by Gasteiger charge is -2.19. The largest absolute Gasteiger partial charge is 0.448 e. The van der Waals surface area contributed by atoms with E-state index in [0.717, 1.165) is 10.2 Å². The lowest BCUT2D eigenvalue weighted by atomic mass is 9.87. The van der Waals surface area contributed by atoms with E-state index in [4.69, 9.17) is 4.74 Å². The van der Waals surface area contributed by atoms with Gasteiger partial charge in [-0.25, -0.2) is 9.48 Å². The molecule has 1 N–H and O–H groups in total. The van der Waals surface area contributed by atoms with Gasteiger partial charge in [0.1, 0.15) is 0 Å². The molecule has 0 aliphatic rings. The molecule has 0 spiro atoms. The number of carbonyl (C=O) groups is 2. The second-order valence-corrected chi connectivity index (χ2v) is 8.19. The highest BCUT2D eigenvalue weighted by Crippen LogP contribution is 2.23. The first-order valence-electron chi connectivity index (χ1n) is 9.66.